The molecule has 0 amide bonds. The molecule has 1 saturated carbocycles. The van der Waals surface area contributed by atoms with E-state index in [0.717, 1.165) is 0 Å². The molecule has 0 saturated heterocycles. The lowest BCUT2D eigenvalue weighted by Gasteiger charge is -2.36. The van der Waals surface area contributed by atoms with Gasteiger partial charge in [-0.15, -0.1) is 0 Å². The van der Waals surface area contributed by atoms with Gasteiger partial charge in [0.05, 0.1) is 0 Å². The summed E-state index contributed by atoms with van der Waals surface area (Å²) in [5, 5.41) is 0. The summed E-state index contributed by atoms with van der Waals surface area (Å²) in [5.74, 6) is -23.9. The van der Waals surface area contributed by atoms with Crippen LogP contribution in [0.2, 0.25) is 0 Å². The van der Waals surface area contributed by atoms with E-state index in [-0.39, 0.29) is 0 Å². The maximum atomic E-state index is 13.8. The average Bonchev–Trinajstić information content (AvgIpc) is 2.47. The van der Waals surface area contributed by atoms with Crippen LogP contribution in [0.5, 0.6) is 0 Å². The first-order chi connectivity index (χ1) is 11.1. The van der Waals surface area contributed by atoms with Crippen LogP contribution >= 0.6 is 0 Å². The van der Waals surface area contributed by atoms with E-state index in [4.69, 9.17) is 0 Å². The van der Waals surface area contributed by atoms with Crippen molar-refractivity contribution in [1.29, 1.82) is 0 Å². The van der Waals surface area contributed by atoms with Crippen molar-refractivity contribution in [3.05, 3.63) is 12.1 Å². The molecule has 1 nitrogen and oxygen atoms in total. The van der Waals surface area contributed by atoms with Gasteiger partial charge in [0.2, 0.25) is 0 Å². The number of ether oxygens (including phenoxy) is 1. The van der Waals surface area contributed by atoms with Crippen molar-refractivity contribution >= 4 is 0 Å². The lowest BCUT2D eigenvalue weighted by molar-refractivity contribution is -0.398. The Bertz CT molecular complexity index is 614. The van der Waals surface area contributed by atoms with Crippen LogP contribution in [0.4, 0.5) is 70.2 Å². The minimum absolute atomic E-state index is 1.78. The van der Waals surface area contributed by atoms with E-state index in [1.807, 2.05) is 0 Å². The minimum atomic E-state index is -8.05. The summed E-state index contributed by atoms with van der Waals surface area (Å²) < 4.78 is 207. The fourth-order valence-electron chi connectivity index (χ4n) is 2.01. The predicted octanol–water partition coefficient (Wildman–Crippen LogP) is 5.53. The first-order valence-corrected chi connectivity index (χ1v) is 5.43. The van der Waals surface area contributed by atoms with Crippen molar-refractivity contribution < 1.29 is 75.0 Å². The standard InChI is InChI=1S/C9F16O/c10-1(11)2(12)26-9(24,25)4(14)5(15,16)3(13,8(21,22)23)6(17,18)7(4,19)20. The van der Waals surface area contributed by atoms with E-state index >= 15 is 0 Å². The molecule has 2 atom stereocenters. The van der Waals surface area contributed by atoms with Gasteiger partial charge < -0.3 is 4.74 Å². The van der Waals surface area contributed by atoms with Gasteiger partial charge >= 0.3 is 53.5 Å². The van der Waals surface area contributed by atoms with Crippen LogP contribution in [-0.4, -0.2) is 41.4 Å². The number of rotatable bonds is 3. The van der Waals surface area contributed by atoms with Crippen LogP contribution < -0.4 is 0 Å². The van der Waals surface area contributed by atoms with E-state index in [1.165, 1.54) is 0 Å². The number of hydrogen-bond donors (Lipinski definition) is 0. The molecule has 0 radical (unpaired) electrons. The Kier molecular flexibility index (Phi) is 4.52. The fourth-order valence-corrected chi connectivity index (χ4v) is 2.01. The Morgan fingerprint density at radius 3 is 1.19 bits per heavy atom. The van der Waals surface area contributed by atoms with E-state index in [0.29, 0.717) is 0 Å². The summed E-state index contributed by atoms with van der Waals surface area (Å²) in [6.45, 7) is 0. The van der Waals surface area contributed by atoms with Gasteiger partial charge in [0.1, 0.15) is 0 Å². The second kappa shape index (κ2) is 5.24. The molecule has 154 valence electrons. The van der Waals surface area contributed by atoms with Crippen LogP contribution in [0.1, 0.15) is 0 Å². The fraction of sp³-hybridized carbons (Fsp3) is 0.778. The second-order valence-corrected chi connectivity index (χ2v) is 4.69. The van der Waals surface area contributed by atoms with Crippen LogP contribution in [0.25, 0.3) is 0 Å². The molecule has 0 bridgehead atoms. The maximum Gasteiger partial charge on any atom is 0.447 e. The van der Waals surface area contributed by atoms with Crippen LogP contribution in [0, 0.1) is 0 Å². The summed E-state index contributed by atoms with van der Waals surface area (Å²) in [4.78, 5) is 0. The number of halogens is 16. The highest BCUT2D eigenvalue weighted by Crippen LogP contribution is 2.75. The Balaban J connectivity index is 3.89. The quantitative estimate of drug-likeness (QED) is 0.425. The normalized spacial score (nSPS) is 33.1. The summed E-state index contributed by atoms with van der Waals surface area (Å²) in [6, 6.07) is -4.08. The zero-order valence-electron chi connectivity index (χ0n) is 11.0. The molecule has 0 aromatic carbocycles. The van der Waals surface area contributed by atoms with Crippen molar-refractivity contribution in [2.45, 2.75) is 41.4 Å². The molecular formula is C9F16O. The second-order valence-electron chi connectivity index (χ2n) is 4.69. The molecule has 1 aliphatic carbocycles. The van der Waals surface area contributed by atoms with E-state index < -0.39 is 53.5 Å². The summed E-state index contributed by atoms with van der Waals surface area (Å²) in [5.41, 5.74) is -15.9. The molecular weight excluding hydrogens is 428 g/mol. The Labute approximate surface area is 130 Å². The zero-order chi connectivity index (χ0) is 21.4. The van der Waals surface area contributed by atoms with E-state index in [2.05, 4.69) is 0 Å². The van der Waals surface area contributed by atoms with Gasteiger partial charge in [-0.05, 0) is 0 Å². The third-order valence-corrected chi connectivity index (χ3v) is 3.28. The first kappa shape index (κ1) is 22.5. The Hall–Kier alpha value is -1.58. The third kappa shape index (κ3) is 2.07. The van der Waals surface area contributed by atoms with Crippen molar-refractivity contribution in [2.75, 3.05) is 0 Å². The van der Waals surface area contributed by atoms with Gasteiger partial charge in [0.25, 0.3) is 0 Å². The molecule has 0 aliphatic heterocycles. The minimum Gasteiger partial charge on any atom is -0.399 e. The van der Waals surface area contributed by atoms with Gasteiger partial charge in [-0.3, -0.25) is 0 Å². The highest BCUT2D eigenvalue weighted by Gasteiger charge is 3.09. The molecule has 1 fully saturated rings. The molecule has 1 rings (SSSR count). The average molecular weight is 428 g/mol. The van der Waals surface area contributed by atoms with Gasteiger partial charge in [0, 0.05) is 0 Å². The van der Waals surface area contributed by atoms with Crippen LogP contribution in [0.15, 0.2) is 12.1 Å². The lowest BCUT2D eigenvalue weighted by Crippen LogP contribution is -2.68. The van der Waals surface area contributed by atoms with Crippen molar-refractivity contribution in [3.63, 3.8) is 0 Å². The summed E-state index contributed by atoms with van der Waals surface area (Å²) in [7, 11) is 0. The van der Waals surface area contributed by atoms with Crippen LogP contribution in [-0.2, 0) is 4.74 Å². The maximum absolute atomic E-state index is 13.8. The third-order valence-electron chi connectivity index (χ3n) is 3.28. The van der Waals surface area contributed by atoms with Crippen molar-refractivity contribution in [2.24, 2.45) is 0 Å². The van der Waals surface area contributed by atoms with E-state index in [1.54, 1.807) is 4.74 Å². The molecule has 17 heteroatoms. The molecule has 26 heavy (non-hydrogen) atoms. The molecule has 1 aliphatic rings. The van der Waals surface area contributed by atoms with Gasteiger partial charge in [-0.1, -0.05) is 0 Å². The number of alkyl halides is 13. The van der Waals surface area contributed by atoms with Crippen molar-refractivity contribution in [1.82, 2.24) is 0 Å². The zero-order valence-corrected chi connectivity index (χ0v) is 11.0. The smallest absolute Gasteiger partial charge is 0.399 e. The predicted molar refractivity (Wildman–Crippen MR) is 45.0 cm³/mol. The number of hydrogen-bond acceptors (Lipinski definition) is 1. The Morgan fingerprint density at radius 1 is 0.577 bits per heavy atom. The molecule has 2 unspecified atom stereocenters. The molecule has 0 aromatic heterocycles. The summed E-state index contributed by atoms with van der Waals surface area (Å²) in [6.07, 6.45) is -19.4. The van der Waals surface area contributed by atoms with Crippen LogP contribution in [0.3, 0.4) is 0 Å². The SMILES string of the molecule is FC(F)=C(F)OC(F)(F)C1(F)C(F)(F)C(F)(F)C(F)(C(F)(F)F)C1(F)F. The molecule has 0 spiro atoms. The topological polar surface area (TPSA) is 9.23 Å². The lowest BCUT2D eigenvalue weighted by atomic mass is 9.91. The van der Waals surface area contributed by atoms with E-state index in [9.17, 15) is 70.2 Å². The highest BCUT2D eigenvalue weighted by molar-refractivity contribution is 5.34. The Morgan fingerprint density at radius 2 is 0.923 bits per heavy atom. The molecule has 0 aromatic rings. The highest BCUT2D eigenvalue weighted by atomic mass is 19.4. The molecule has 0 N–H and O–H groups in total. The monoisotopic (exact) mass is 428 g/mol. The largest absolute Gasteiger partial charge is 0.447 e. The van der Waals surface area contributed by atoms with Gasteiger partial charge in [0.15, 0.2) is 0 Å². The molecule has 0 heterocycles. The first-order valence-electron chi connectivity index (χ1n) is 5.43. The van der Waals surface area contributed by atoms with Gasteiger partial charge in [-0.2, -0.15) is 61.5 Å². The van der Waals surface area contributed by atoms with Gasteiger partial charge in [-0.25, -0.2) is 8.78 Å². The summed E-state index contributed by atoms with van der Waals surface area (Å²) >= 11 is 0. The van der Waals surface area contributed by atoms with Crippen molar-refractivity contribution in [3.8, 4) is 0 Å².